The second kappa shape index (κ2) is 8.89. The Morgan fingerprint density at radius 3 is 2.71 bits per heavy atom. The van der Waals surface area contributed by atoms with Crippen molar-refractivity contribution in [3.8, 4) is 0 Å². The topological polar surface area (TPSA) is 58.5 Å². The van der Waals surface area contributed by atoms with Gasteiger partial charge >= 0.3 is 0 Å². The number of aliphatic imine (C=N–C) groups is 1. The number of rotatable bonds is 6. The van der Waals surface area contributed by atoms with E-state index in [0.717, 1.165) is 43.7 Å². The lowest BCUT2D eigenvalue weighted by molar-refractivity contribution is -0.0971. The summed E-state index contributed by atoms with van der Waals surface area (Å²) in [5.74, 6) is 0.855. The smallest absolute Gasteiger partial charge is 0.191 e. The van der Waals surface area contributed by atoms with Crippen LogP contribution in [0.4, 0.5) is 0 Å². The standard InChI is InChI=1S/C14H24N4OS.HI/c1-4-11-6-16-12(20-11)7-17-13(15-5-2)18-8-14(3)9-19-10-14;/h6H,4-5,7-10H2,1-3H3,(H2,15,17,18);1H. The third kappa shape index (κ3) is 5.71. The maximum absolute atomic E-state index is 5.27. The summed E-state index contributed by atoms with van der Waals surface area (Å²) in [5.41, 5.74) is 0.243. The van der Waals surface area contributed by atoms with Crippen molar-refractivity contribution < 1.29 is 4.74 Å². The second-order valence-electron chi connectivity index (χ2n) is 5.43. The van der Waals surface area contributed by atoms with Crippen LogP contribution in [-0.2, 0) is 17.7 Å². The molecule has 0 spiro atoms. The summed E-state index contributed by atoms with van der Waals surface area (Å²) >= 11 is 1.74. The molecule has 1 fully saturated rings. The molecule has 5 nitrogen and oxygen atoms in total. The third-order valence-electron chi connectivity index (χ3n) is 3.25. The minimum Gasteiger partial charge on any atom is -0.380 e. The van der Waals surface area contributed by atoms with Gasteiger partial charge in [0.1, 0.15) is 5.01 Å². The van der Waals surface area contributed by atoms with E-state index in [0.29, 0.717) is 6.54 Å². The van der Waals surface area contributed by atoms with Crippen LogP contribution in [0.3, 0.4) is 0 Å². The van der Waals surface area contributed by atoms with E-state index in [-0.39, 0.29) is 29.4 Å². The van der Waals surface area contributed by atoms with Crippen molar-refractivity contribution >= 4 is 41.3 Å². The molecule has 0 radical (unpaired) electrons. The molecule has 1 aromatic rings. The maximum atomic E-state index is 5.27. The second-order valence-corrected chi connectivity index (χ2v) is 6.63. The summed E-state index contributed by atoms with van der Waals surface area (Å²) in [6, 6.07) is 0. The number of halogens is 1. The van der Waals surface area contributed by atoms with Crippen molar-refractivity contribution in [2.75, 3.05) is 26.3 Å². The molecule has 1 aliphatic rings. The average Bonchev–Trinajstić information content (AvgIpc) is 2.88. The first-order chi connectivity index (χ1) is 9.65. The van der Waals surface area contributed by atoms with Gasteiger partial charge in [0.25, 0.3) is 0 Å². The SMILES string of the molecule is CCNC(=NCc1ncc(CC)s1)NCC1(C)COC1.I. The highest BCUT2D eigenvalue weighted by Gasteiger charge is 2.33. The van der Waals surface area contributed by atoms with E-state index in [4.69, 9.17) is 4.74 Å². The van der Waals surface area contributed by atoms with E-state index in [1.165, 1.54) is 4.88 Å². The molecular weight excluding hydrogens is 399 g/mol. The Morgan fingerprint density at radius 2 is 2.19 bits per heavy atom. The first-order valence-corrected chi connectivity index (χ1v) is 8.00. The molecule has 0 saturated carbocycles. The lowest BCUT2D eigenvalue weighted by atomic mass is 9.89. The van der Waals surface area contributed by atoms with Gasteiger partial charge in [0.15, 0.2) is 5.96 Å². The van der Waals surface area contributed by atoms with Crippen molar-refractivity contribution in [3.05, 3.63) is 16.1 Å². The monoisotopic (exact) mass is 424 g/mol. The van der Waals surface area contributed by atoms with Gasteiger partial charge in [-0.1, -0.05) is 13.8 Å². The molecule has 7 heteroatoms. The predicted octanol–water partition coefficient (Wildman–Crippen LogP) is 2.42. The fourth-order valence-corrected chi connectivity index (χ4v) is 2.71. The van der Waals surface area contributed by atoms with Gasteiger partial charge in [0, 0.05) is 29.6 Å². The number of thiazole rings is 1. The van der Waals surface area contributed by atoms with E-state index in [1.807, 2.05) is 6.20 Å². The van der Waals surface area contributed by atoms with Gasteiger partial charge in [-0.05, 0) is 13.3 Å². The van der Waals surface area contributed by atoms with Crippen LogP contribution in [-0.4, -0.2) is 37.2 Å². The van der Waals surface area contributed by atoms with Crippen LogP contribution < -0.4 is 10.6 Å². The lowest BCUT2D eigenvalue weighted by Crippen LogP contribution is -2.51. The largest absolute Gasteiger partial charge is 0.380 e. The summed E-state index contributed by atoms with van der Waals surface area (Å²) in [5, 5.41) is 7.73. The number of guanidine groups is 1. The predicted molar refractivity (Wildman–Crippen MR) is 98.7 cm³/mol. The minimum atomic E-state index is 0. The van der Waals surface area contributed by atoms with Crippen molar-refractivity contribution in [2.45, 2.75) is 33.7 Å². The Labute approximate surface area is 148 Å². The zero-order valence-electron chi connectivity index (χ0n) is 12.9. The number of hydrogen-bond donors (Lipinski definition) is 2. The molecule has 2 N–H and O–H groups in total. The van der Waals surface area contributed by atoms with E-state index >= 15 is 0 Å². The number of nitrogens with one attached hydrogen (secondary N) is 2. The molecule has 2 rings (SSSR count). The quantitative estimate of drug-likeness (QED) is 0.419. The number of ether oxygens (including phenoxy) is 1. The number of aryl methyl sites for hydroxylation is 1. The van der Waals surface area contributed by atoms with Gasteiger partial charge in [0.2, 0.25) is 0 Å². The van der Waals surface area contributed by atoms with E-state index in [2.05, 4.69) is 41.4 Å². The number of nitrogens with zero attached hydrogens (tertiary/aromatic N) is 2. The van der Waals surface area contributed by atoms with Gasteiger partial charge in [-0.2, -0.15) is 0 Å². The summed E-state index contributed by atoms with van der Waals surface area (Å²) in [6.45, 7) is 10.5. The van der Waals surface area contributed by atoms with Gasteiger partial charge in [-0.3, -0.25) is 0 Å². The van der Waals surface area contributed by atoms with Crippen molar-refractivity contribution in [3.63, 3.8) is 0 Å². The highest BCUT2D eigenvalue weighted by Crippen LogP contribution is 2.24. The van der Waals surface area contributed by atoms with E-state index in [9.17, 15) is 0 Å². The highest BCUT2D eigenvalue weighted by molar-refractivity contribution is 14.0. The van der Waals surface area contributed by atoms with Crippen LogP contribution in [0.5, 0.6) is 0 Å². The number of aromatic nitrogens is 1. The van der Waals surface area contributed by atoms with Gasteiger partial charge < -0.3 is 15.4 Å². The zero-order chi connectivity index (χ0) is 14.4. The summed E-state index contributed by atoms with van der Waals surface area (Å²) in [7, 11) is 0. The van der Waals surface area contributed by atoms with Crippen LogP contribution in [0, 0.1) is 5.41 Å². The molecule has 1 aliphatic heterocycles. The van der Waals surface area contributed by atoms with Crippen LogP contribution >= 0.6 is 35.3 Å². The Bertz CT molecular complexity index is 460. The molecule has 0 unspecified atom stereocenters. The maximum Gasteiger partial charge on any atom is 0.191 e. The Kier molecular flexibility index (Phi) is 7.89. The van der Waals surface area contributed by atoms with E-state index in [1.54, 1.807) is 11.3 Å². The highest BCUT2D eigenvalue weighted by atomic mass is 127. The lowest BCUT2D eigenvalue weighted by Gasteiger charge is -2.38. The van der Waals surface area contributed by atoms with E-state index < -0.39 is 0 Å². The average molecular weight is 424 g/mol. The molecular formula is C14H25IN4OS. The molecule has 1 saturated heterocycles. The molecule has 0 atom stereocenters. The third-order valence-corrected chi connectivity index (χ3v) is 4.38. The van der Waals surface area contributed by atoms with Crippen LogP contribution in [0.1, 0.15) is 30.7 Å². The van der Waals surface area contributed by atoms with Crippen molar-refractivity contribution in [1.29, 1.82) is 0 Å². The first kappa shape index (κ1) is 18.6. The Hall–Kier alpha value is -0.410. The molecule has 0 aromatic carbocycles. The fourth-order valence-electron chi connectivity index (χ4n) is 1.92. The summed E-state index contributed by atoms with van der Waals surface area (Å²) in [6.07, 6.45) is 2.99. The Morgan fingerprint density at radius 1 is 1.43 bits per heavy atom. The van der Waals surface area contributed by atoms with Gasteiger partial charge in [0.05, 0.1) is 19.8 Å². The van der Waals surface area contributed by atoms with Gasteiger partial charge in [-0.15, -0.1) is 35.3 Å². The molecule has 21 heavy (non-hydrogen) atoms. The molecule has 2 heterocycles. The first-order valence-electron chi connectivity index (χ1n) is 7.19. The number of hydrogen-bond acceptors (Lipinski definition) is 4. The molecule has 0 amide bonds. The summed E-state index contributed by atoms with van der Waals surface area (Å²) < 4.78 is 5.27. The summed E-state index contributed by atoms with van der Waals surface area (Å²) in [4.78, 5) is 10.3. The molecule has 120 valence electrons. The van der Waals surface area contributed by atoms with Crippen molar-refractivity contribution in [2.24, 2.45) is 10.4 Å². The molecule has 1 aromatic heterocycles. The normalized spacial score (nSPS) is 16.8. The molecule has 0 bridgehead atoms. The fraction of sp³-hybridized carbons (Fsp3) is 0.714. The van der Waals surface area contributed by atoms with Crippen LogP contribution in [0.25, 0.3) is 0 Å². The molecule has 0 aliphatic carbocycles. The Balaban J connectivity index is 0.00000220. The zero-order valence-corrected chi connectivity index (χ0v) is 16.1. The van der Waals surface area contributed by atoms with Crippen molar-refractivity contribution in [1.82, 2.24) is 15.6 Å². The minimum absolute atomic E-state index is 0. The van der Waals surface area contributed by atoms with Gasteiger partial charge in [-0.25, -0.2) is 9.98 Å². The van der Waals surface area contributed by atoms with Crippen LogP contribution in [0.15, 0.2) is 11.2 Å². The van der Waals surface area contributed by atoms with Crippen LogP contribution in [0.2, 0.25) is 0 Å².